The van der Waals surface area contributed by atoms with Crippen molar-refractivity contribution in [1.82, 2.24) is 30.7 Å². The molecule has 8 nitrogen and oxygen atoms in total. The van der Waals surface area contributed by atoms with Crippen LogP contribution in [-0.2, 0) is 13.0 Å². The normalized spacial score (nSPS) is 19.9. The summed E-state index contributed by atoms with van der Waals surface area (Å²) in [4.78, 5) is 11.4. The van der Waals surface area contributed by atoms with E-state index in [1.165, 1.54) is 5.56 Å². The molecule has 3 aromatic rings. The Bertz CT molecular complexity index is 936. The maximum Gasteiger partial charge on any atom is 0.216 e. The Kier molecular flexibility index (Phi) is 6.44. The van der Waals surface area contributed by atoms with Gasteiger partial charge >= 0.3 is 0 Å². The molecular formula is C22H29N7O. The van der Waals surface area contributed by atoms with Gasteiger partial charge in [0.05, 0.1) is 6.26 Å². The number of hydrogen-bond donors (Lipinski definition) is 3. The summed E-state index contributed by atoms with van der Waals surface area (Å²) in [6.45, 7) is 4.99. The number of nitrogens with one attached hydrogen (secondary N) is 3. The number of guanidine groups is 1. The summed E-state index contributed by atoms with van der Waals surface area (Å²) in [6, 6.07) is 15.2. The second-order valence-electron chi connectivity index (χ2n) is 7.67. The van der Waals surface area contributed by atoms with E-state index < -0.39 is 0 Å². The van der Waals surface area contributed by atoms with Gasteiger partial charge in [0.25, 0.3) is 0 Å². The fourth-order valence-corrected chi connectivity index (χ4v) is 3.85. The maximum absolute atomic E-state index is 5.33. The number of hydrogen-bond acceptors (Lipinski definition) is 5. The minimum Gasteiger partial charge on any atom is -0.461 e. The third-order valence-electron chi connectivity index (χ3n) is 5.42. The van der Waals surface area contributed by atoms with Crippen LogP contribution in [0.15, 0.2) is 58.1 Å². The van der Waals surface area contributed by atoms with Crippen LogP contribution in [0, 0.1) is 0 Å². The highest BCUT2D eigenvalue weighted by Crippen LogP contribution is 2.20. The Balaban J connectivity index is 1.23. The number of rotatable bonds is 7. The molecule has 1 fully saturated rings. The van der Waals surface area contributed by atoms with Gasteiger partial charge < -0.3 is 15.1 Å². The van der Waals surface area contributed by atoms with E-state index in [0.29, 0.717) is 30.2 Å². The quantitative estimate of drug-likeness (QED) is 0.411. The van der Waals surface area contributed by atoms with Crippen LogP contribution in [-0.4, -0.2) is 58.3 Å². The van der Waals surface area contributed by atoms with Crippen molar-refractivity contribution in [2.45, 2.75) is 38.4 Å². The molecule has 1 aromatic carbocycles. The molecule has 2 unspecified atom stereocenters. The molecule has 3 heterocycles. The Morgan fingerprint density at radius 3 is 2.90 bits per heavy atom. The fourth-order valence-electron chi connectivity index (χ4n) is 3.85. The molecule has 0 spiro atoms. The molecule has 0 bridgehead atoms. The van der Waals surface area contributed by atoms with Crippen molar-refractivity contribution >= 4 is 5.96 Å². The van der Waals surface area contributed by atoms with Gasteiger partial charge in [-0.15, -0.1) is 0 Å². The van der Waals surface area contributed by atoms with Crippen molar-refractivity contribution in [2.75, 3.05) is 20.1 Å². The molecule has 0 radical (unpaired) electrons. The number of furan rings is 1. The van der Waals surface area contributed by atoms with Crippen molar-refractivity contribution in [3.63, 3.8) is 0 Å². The number of likely N-dealkylation sites (tertiary alicyclic amines) is 1. The van der Waals surface area contributed by atoms with E-state index in [9.17, 15) is 0 Å². The standard InChI is InChI=1S/C22H29N7O/c1-16-13-18(15-29(16)14-17-7-4-3-5-8-17)25-22(23-2)24-11-10-20-26-21(28-27-20)19-9-6-12-30-19/h3-9,12,16,18H,10-11,13-15H2,1-2H3,(H2,23,24,25)(H,26,27,28). The molecule has 1 aliphatic heterocycles. The number of aromatic amines is 1. The van der Waals surface area contributed by atoms with Gasteiger partial charge in [0.1, 0.15) is 5.82 Å². The Labute approximate surface area is 176 Å². The van der Waals surface area contributed by atoms with E-state index >= 15 is 0 Å². The summed E-state index contributed by atoms with van der Waals surface area (Å²) in [5.41, 5.74) is 1.36. The minimum atomic E-state index is 0.380. The SMILES string of the molecule is CN=C(NCCc1nc(-c2ccco2)n[nH]1)NC1CC(C)N(Cc2ccccc2)C1. The van der Waals surface area contributed by atoms with E-state index in [2.05, 4.69) is 73.0 Å². The zero-order valence-corrected chi connectivity index (χ0v) is 17.5. The molecule has 4 rings (SSSR count). The first-order chi connectivity index (χ1) is 14.7. The summed E-state index contributed by atoms with van der Waals surface area (Å²) in [5.74, 6) is 2.88. The van der Waals surface area contributed by atoms with Crippen molar-refractivity contribution < 1.29 is 4.42 Å². The Morgan fingerprint density at radius 1 is 1.27 bits per heavy atom. The van der Waals surface area contributed by atoms with E-state index in [1.807, 2.05) is 12.1 Å². The molecule has 158 valence electrons. The van der Waals surface area contributed by atoms with Crippen molar-refractivity contribution in [3.05, 3.63) is 60.1 Å². The third kappa shape index (κ3) is 5.07. The van der Waals surface area contributed by atoms with Gasteiger partial charge in [0.2, 0.25) is 5.82 Å². The number of benzene rings is 1. The summed E-state index contributed by atoms with van der Waals surface area (Å²) in [7, 11) is 1.80. The van der Waals surface area contributed by atoms with Crippen LogP contribution in [0.25, 0.3) is 11.6 Å². The van der Waals surface area contributed by atoms with Gasteiger partial charge in [-0.1, -0.05) is 30.3 Å². The first kappa shape index (κ1) is 20.2. The highest BCUT2D eigenvalue weighted by Gasteiger charge is 2.29. The van der Waals surface area contributed by atoms with Gasteiger partial charge in [-0.2, -0.15) is 5.10 Å². The van der Waals surface area contributed by atoms with Gasteiger partial charge in [0, 0.05) is 45.2 Å². The van der Waals surface area contributed by atoms with Gasteiger partial charge in [-0.25, -0.2) is 4.98 Å². The average molecular weight is 408 g/mol. The average Bonchev–Trinajstić information content (AvgIpc) is 3.50. The van der Waals surface area contributed by atoms with Crippen LogP contribution in [0.2, 0.25) is 0 Å². The molecule has 2 aromatic heterocycles. The van der Waals surface area contributed by atoms with Gasteiger partial charge in [-0.3, -0.25) is 15.0 Å². The second kappa shape index (κ2) is 9.58. The van der Waals surface area contributed by atoms with Crippen LogP contribution in [0.3, 0.4) is 0 Å². The zero-order valence-electron chi connectivity index (χ0n) is 17.5. The van der Waals surface area contributed by atoms with E-state index in [-0.39, 0.29) is 0 Å². The van der Waals surface area contributed by atoms with Crippen LogP contribution < -0.4 is 10.6 Å². The summed E-state index contributed by atoms with van der Waals surface area (Å²) >= 11 is 0. The predicted molar refractivity (Wildman–Crippen MR) is 117 cm³/mol. The summed E-state index contributed by atoms with van der Waals surface area (Å²) in [5, 5.41) is 14.1. The van der Waals surface area contributed by atoms with Gasteiger partial charge in [-0.05, 0) is 31.0 Å². The Morgan fingerprint density at radius 2 is 2.13 bits per heavy atom. The second-order valence-corrected chi connectivity index (χ2v) is 7.67. The lowest BCUT2D eigenvalue weighted by atomic mass is 10.2. The van der Waals surface area contributed by atoms with Crippen LogP contribution in [0.5, 0.6) is 0 Å². The predicted octanol–water partition coefficient (Wildman–Crippen LogP) is 2.44. The molecule has 3 N–H and O–H groups in total. The van der Waals surface area contributed by atoms with Crippen molar-refractivity contribution in [1.29, 1.82) is 0 Å². The number of nitrogens with zero attached hydrogens (tertiary/aromatic N) is 4. The first-order valence-corrected chi connectivity index (χ1v) is 10.4. The molecule has 2 atom stereocenters. The lowest BCUT2D eigenvalue weighted by Crippen LogP contribution is -2.45. The molecule has 30 heavy (non-hydrogen) atoms. The van der Waals surface area contributed by atoms with Crippen molar-refractivity contribution in [3.8, 4) is 11.6 Å². The molecule has 0 amide bonds. The minimum absolute atomic E-state index is 0.380. The van der Waals surface area contributed by atoms with Crippen LogP contribution in [0.4, 0.5) is 0 Å². The maximum atomic E-state index is 5.33. The first-order valence-electron chi connectivity index (χ1n) is 10.4. The lowest BCUT2D eigenvalue weighted by Gasteiger charge is -2.21. The number of H-pyrrole nitrogens is 1. The van der Waals surface area contributed by atoms with E-state index in [0.717, 1.165) is 37.7 Å². The fraction of sp³-hybridized carbons (Fsp3) is 0.409. The monoisotopic (exact) mass is 407 g/mol. The zero-order chi connectivity index (χ0) is 20.8. The number of aliphatic imine (C=N–C) groups is 1. The Hall–Kier alpha value is -3.13. The smallest absolute Gasteiger partial charge is 0.216 e. The van der Waals surface area contributed by atoms with Crippen LogP contribution in [0.1, 0.15) is 24.7 Å². The molecule has 0 aliphatic carbocycles. The molecule has 0 saturated carbocycles. The molecular weight excluding hydrogens is 378 g/mol. The molecule has 1 saturated heterocycles. The van der Waals surface area contributed by atoms with Crippen molar-refractivity contribution in [2.24, 2.45) is 4.99 Å². The largest absolute Gasteiger partial charge is 0.461 e. The third-order valence-corrected chi connectivity index (χ3v) is 5.42. The summed E-state index contributed by atoms with van der Waals surface area (Å²) in [6.07, 6.45) is 3.44. The molecule has 1 aliphatic rings. The number of aromatic nitrogens is 3. The van der Waals surface area contributed by atoms with E-state index in [4.69, 9.17) is 4.42 Å². The highest BCUT2D eigenvalue weighted by atomic mass is 16.3. The van der Waals surface area contributed by atoms with E-state index in [1.54, 1.807) is 13.3 Å². The molecule has 8 heteroatoms. The topological polar surface area (TPSA) is 94.4 Å². The highest BCUT2D eigenvalue weighted by molar-refractivity contribution is 5.80. The lowest BCUT2D eigenvalue weighted by molar-refractivity contribution is 0.258. The summed E-state index contributed by atoms with van der Waals surface area (Å²) < 4.78 is 5.33. The van der Waals surface area contributed by atoms with Gasteiger partial charge in [0.15, 0.2) is 11.7 Å². The van der Waals surface area contributed by atoms with Crippen LogP contribution >= 0.6 is 0 Å².